The van der Waals surface area contributed by atoms with Crippen LogP contribution in [0.15, 0.2) is 36.7 Å². The minimum Gasteiger partial charge on any atom is -0.377 e. The van der Waals surface area contributed by atoms with E-state index in [0.29, 0.717) is 12.1 Å². The van der Waals surface area contributed by atoms with E-state index in [1.54, 1.807) is 12.4 Å². The topological polar surface area (TPSA) is 82.2 Å². The highest BCUT2D eigenvalue weighted by Gasteiger charge is 2.29. The molecule has 0 aliphatic carbocycles. The molecule has 8 nitrogen and oxygen atoms in total. The highest BCUT2D eigenvalue weighted by Crippen LogP contribution is 2.32. The zero-order valence-electron chi connectivity index (χ0n) is 19.0. The number of hydrogen-bond acceptors (Lipinski definition) is 7. The van der Waals surface area contributed by atoms with Gasteiger partial charge in [-0.1, -0.05) is 0 Å². The Morgan fingerprint density at radius 3 is 2.72 bits per heavy atom. The first kappa shape index (κ1) is 20.9. The number of imidazole rings is 1. The molecule has 0 amide bonds. The number of rotatable bonds is 5. The van der Waals surface area contributed by atoms with Crippen molar-refractivity contribution in [1.29, 1.82) is 0 Å². The van der Waals surface area contributed by atoms with Crippen molar-refractivity contribution in [3.05, 3.63) is 47.9 Å². The van der Waals surface area contributed by atoms with Crippen LogP contribution in [0.1, 0.15) is 32.0 Å². The molecule has 168 valence electrons. The number of ether oxygens (including phenoxy) is 1. The fraction of sp³-hybridized carbons (Fsp3) is 0.458. The summed E-state index contributed by atoms with van der Waals surface area (Å²) in [6.07, 6.45) is 4.51. The lowest BCUT2D eigenvalue weighted by molar-refractivity contribution is 0.0983. The molecular weight excluding hydrogens is 402 g/mol. The van der Waals surface area contributed by atoms with Crippen LogP contribution in [-0.4, -0.2) is 63.2 Å². The molecule has 2 aromatic heterocycles. The van der Waals surface area contributed by atoms with Crippen molar-refractivity contribution in [1.82, 2.24) is 24.8 Å². The number of hydrogen-bond donors (Lipinski definition) is 2. The van der Waals surface area contributed by atoms with E-state index in [0.717, 1.165) is 73.8 Å². The normalized spacial score (nSPS) is 19.2. The first-order valence-electron chi connectivity index (χ1n) is 11.4. The summed E-state index contributed by atoms with van der Waals surface area (Å²) >= 11 is 0. The molecular formula is C24H31N7O. The van der Waals surface area contributed by atoms with Crippen LogP contribution in [0.4, 0.5) is 17.5 Å². The summed E-state index contributed by atoms with van der Waals surface area (Å²) < 4.78 is 5.69. The van der Waals surface area contributed by atoms with Gasteiger partial charge in [0.05, 0.1) is 24.9 Å². The first-order valence-corrected chi connectivity index (χ1v) is 11.4. The van der Waals surface area contributed by atoms with Gasteiger partial charge in [0.25, 0.3) is 0 Å². The Bertz CT molecular complexity index is 1050. The largest absolute Gasteiger partial charge is 0.377 e. The number of H-pyrrole nitrogens is 1. The minimum absolute atomic E-state index is 0.304. The van der Waals surface area contributed by atoms with E-state index in [-0.39, 0.29) is 0 Å². The molecule has 1 unspecified atom stereocenters. The average Bonchev–Trinajstić information content (AvgIpc) is 3.32. The molecule has 5 rings (SSSR count). The van der Waals surface area contributed by atoms with Gasteiger partial charge in [0, 0.05) is 54.9 Å². The Kier molecular flexibility index (Phi) is 5.80. The molecule has 0 bridgehead atoms. The molecule has 1 saturated heterocycles. The fourth-order valence-corrected chi connectivity index (χ4v) is 4.45. The summed E-state index contributed by atoms with van der Waals surface area (Å²) in [7, 11) is 0. The van der Waals surface area contributed by atoms with Gasteiger partial charge < -0.3 is 19.9 Å². The van der Waals surface area contributed by atoms with Crippen LogP contribution in [0.5, 0.6) is 0 Å². The van der Waals surface area contributed by atoms with Gasteiger partial charge in [-0.3, -0.25) is 4.90 Å². The standard InChI is InChI=1S/C24H31N7O/c1-16(2)30-11-8-20-21(14-30)28-22(29-23(20)31-12-13-32-15-17(31)3)18-4-6-19(7-5-18)27-24-25-9-10-26-24/h4-7,9-10,16-17H,8,11-15H2,1-3H3,(H2,25,26,27). The number of fused-ring (bicyclic) bond motifs is 1. The number of nitrogens with one attached hydrogen (secondary N) is 2. The van der Waals surface area contributed by atoms with Gasteiger partial charge in [-0.2, -0.15) is 0 Å². The quantitative estimate of drug-likeness (QED) is 0.636. The fourth-order valence-electron chi connectivity index (χ4n) is 4.45. The Hall–Kier alpha value is -2.97. The van der Waals surface area contributed by atoms with Crippen molar-refractivity contribution in [3.8, 4) is 11.4 Å². The number of benzene rings is 1. The van der Waals surface area contributed by atoms with Gasteiger partial charge in [-0.15, -0.1) is 0 Å². The molecule has 1 aromatic carbocycles. The molecule has 2 N–H and O–H groups in total. The van der Waals surface area contributed by atoms with E-state index < -0.39 is 0 Å². The van der Waals surface area contributed by atoms with Crippen LogP contribution in [0, 0.1) is 0 Å². The molecule has 2 aliphatic heterocycles. The molecule has 4 heterocycles. The second-order valence-electron chi connectivity index (χ2n) is 8.87. The van der Waals surface area contributed by atoms with Crippen molar-refractivity contribution in [3.63, 3.8) is 0 Å². The van der Waals surface area contributed by atoms with Gasteiger partial charge in [0.15, 0.2) is 5.82 Å². The van der Waals surface area contributed by atoms with Gasteiger partial charge in [0.2, 0.25) is 5.95 Å². The van der Waals surface area contributed by atoms with Crippen molar-refractivity contribution in [2.24, 2.45) is 0 Å². The second kappa shape index (κ2) is 8.88. The summed E-state index contributed by atoms with van der Waals surface area (Å²) in [6, 6.07) is 9.03. The van der Waals surface area contributed by atoms with E-state index >= 15 is 0 Å². The van der Waals surface area contributed by atoms with E-state index in [2.05, 4.69) is 58.0 Å². The Labute approximate surface area is 189 Å². The summed E-state index contributed by atoms with van der Waals surface area (Å²) in [6.45, 7) is 11.0. The van der Waals surface area contributed by atoms with E-state index in [9.17, 15) is 0 Å². The highest BCUT2D eigenvalue weighted by molar-refractivity contribution is 5.65. The van der Waals surface area contributed by atoms with Gasteiger partial charge >= 0.3 is 0 Å². The molecule has 1 fully saturated rings. The van der Waals surface area contributed by atoms with Crippen LogP contribution in [0.3, 0.4) is 0 Å². The number of nitrogens with zero attached hydrogens (tertiary/aromatic N) is 5. The lowest BCUT2D eigenvalue weighted by Crippen LogP contribution is -2.45. The maximum atomic E-state index is 5.69. The molecule has 0 radical (unpaired) electrons. The summed E-state index contributed by atoms with van der Waals surface area (Å²) in [5.41, 5.74) is 4.44. The third kappa shape index (κ3) is 4.20. The molecule has 8 heteroatoms. The predicted octanol–water partition coefficient (Wildman–Crippen LogP) is 3.60. The number of morpholine rings is 1. The molecule has 32 heavy (non-hydrogen) atoms. The third-order valence-corrected chi connectivity index (χ3v) is 6.35. The zero-order chi connectivity index (χ0) is 22.1. The summed E-state index contributed by atoms with van der Waals surface area (Å²) in [5, 5.41) is 3.26. The Morgan fingerprint density at radius 2 is 2.00 bits per heavy atom. The van der Waals surface area contributed by atoms with Crippen LogP contribution in [0.2, 0.25) is 0 Å². The van der Waals surface area contributed by atoms with Crippen molar-refractivity contribution >= 4 is 17.5 Å². The summed E-state index contributed by atoms with van der Waals surface area (Å²) in [4.78, 5) is 22.3. The zero-order valence-corrected chi connectivity index (χ0v) is 19.0. The molecule has 1 atom stereocenters. The number of anilines is 3. The monoisotopic (exact) mass is 433 g/mol. The van der Waals surface area contributed by atoms with Gasteiger partial charge in [0.1, 0.15) is 5.82 Å². The SMILES string of the molecule is CC(C)N1CCc2c(nc(-c3ccc(Nc4ncc[nH]4)cc3)nc2N2CCOCC2C)C1. The van der Waals surface area contributed by atoms with Gasteiger partial charge in [-0.25, -0.2) is 15.0 Å². The number of aromatic amines is 1. The summed E-state index contributed by atoms with van der Waals surface area (Å²) in [5.74, 6) is 2.59. The van der Waals surface area contributed by atoms with Crippen molar-refractivity contribution in [2.75, 3.05) is 36.5 Å². The predicted molar refractivity (Wildman–Crippen MR) is 126 cm³/mol. The number of aromatic nitrogens is 4. The van der Waals surface area contributed by atoms with Crippen LogP contribution < -0.4 is 10.2 Å². The first-order chi connectivity index (χ1) is 15.6. The highest BCUT2D eigenvalue weighted by atomic mass is 16.5. The van der Waals surface area contributed by atoms with Gasteiger partial charge in [-0.05, 0) is 51.5 Å². The third-order valence-electron chi connectivity index (χ3n) is 6.35. The van der Waals surface area contributed by atoms with Crippen LogP contribution in [0.25, 0.3) is 11.4 Å². The van der Waals surface area contributed by atoms with Crippen LogP contribution in [-0.2, 0) is 17.7 Å². The lowest BCUT2D eigenvalue weighted by Gasteiger charge is -2.38. The molecule has 2 aliphatic rings. The van der Waals surface area contributed by atoms with E-state index in [4.69, 9.17) is 14.7 Å². The van der Waals surface area contributed by atoms with Crippen LogP contribution >= 0.6 is 0 Å². The van der Waals surface area contributed by atoms with Crippen molar-refractivity contribution in [2.45, 2.75) is 45.8 Å². The average molecular weight is 434 g/mol. The maximum Gasteiger partial charge on any atom is 0.204 e. The molecule has 0 spiro atoms. The van der Waals surface area contributed by atoms with Crippen molar-refractivity contribution < 1.29 is 4.74 Å². The second-order valence-corrected chi connectivity index (χ2v) is 8.87. The molecule has 0 saturated carbocycles. The van der Waals surface area contributed by atoms with E-state index in [1.165, 1.54) is 5.56 Å². The minimum atomic E-state index is 0.304. The Balaban J connectivity index is 1.50. The lowest BCUT2D eigenvalue weighted by atomic mass is 10.0. The molecule has 3 aromatic rings. The maximum absolute atomic E-state index is 5.69. The van der Waals surface area contributed by atoms with E-state index in [1.807, 2.05) is 12.1 Å². The smallest absolute Gasteiger partial charge is 0.204 e. The Morgan fingerprint density at radius 1 is 1.16 bits per heavy atom.